The van der Waals surface area contributed by atoms with Crippen LogP contribution in [0.15, 0.2) is 52.4 Å². The van der Waals surface area contributed by atoms with E-state index in [-0.39, 0.29) is 10.9 Å². The quantitative estimate of drug-likeness (QED) is 0.670. The van der Waals surface area contributed by atoms with Crippen molar-refractivity contribution in [2.24, 2.45) is 0 Å². The molecule has 0 spiro atoms. The number of aryl methyl sites for hydroxylation is 1. The Morgan fingerprint density at radius 3 is 2.00 bits per heavy atom. The molecule has 0 saturated carbocycles. The number of anilines is 1. The van der Waals surface area contributed by atoms with Crippen LogP contribution in [0.5, 0.6) is 0 Å². The van der Waals surface area contributed by atoms with Crippen molar-refractivity contribution in [2.45, 2.75) is 35.6 Å². The predicted octanol–water partition coefficient (Wildman–Crippen LogP) is 1.68. The zero-order valence-electron chi connectivity index (χ0n) is 18.0. The summed E-state index contributed by atoms with van der Waals surface area (Å²) in [5.74, 6) is 0.575. The summed E-state index contributed by atoms with van der Waals surface area (Å²) in [6.45, 7) is 4.22. The van der Waals surface area contributed by atoms with Crippen molar-refractivity contribution in [3.63, 3.8) is 0 Å². The minimum absolute atomic E-state index is 0.0636. The number of pyridine rings is 1. The molecule has 2 aromatic rings. The molecule has 3 heterocycles. The highest BCUT2D eigenvalue weighted by Crippen LogP contribution is 2.23. The van der Waals surface area contributed by atoms with Gasteiger partial charge in [0, 0.05) is 38.4 Å². The zero-order valence-corrected chi connectivity index (χ0v) is 19.6. The van der Waals surface area contributed by atoms with Crippen LogP contribution in [0.2, 0.25) is 0 Å². The average molecular weight is 481 g/mol. The predicted molar refractivity (Wildman–Crippen MR) is 120 cm³/mol. The van der Waals surface area contributed by atoms with Crippen LogP contribution in [0.25, 0.3) is 0 Å². The normalized spacial score (nSPS) is 19.7. The molecule has 11 heteroatoms. The molecule has 0 unspecified atom stereocenters. The molecule has 1 aromatic carbocycles. The number of benzene rings is 1. The summed E-state index contributed by atoms with van der Waals surface area (Å²) < 4.78 is 59.2. The average Bonchev–Trinajstić information content (AvgIpc) is 2.81. The lowest BCUT2D eigenvalue weighted by atomic mass is 10.1. The topological polar surface area (TPSA) is 109 Å². The van der Waals surface area contributed by atoms with Crippen LogP contribution in [0.1, 0.15) is 18.4 Å². The first kappa shape index (κ1) is 23.1. The minimum atomic E-state index is -3.57. The summed E-state index contributed by atoms with van der Waals surface area (Å²) >= 11 is 0. The number of aromatic nitrogens is 1. The van der Waals surface area contributed by atoms with Crippen molar-refractivity contribution in [1.29, 1.82) is 0 Å². The fraction of sp³-hybridized carbons (Fsp3) is 0.476. The Hall–Kier alpha value is -2.05. The summed E-state index contributed by atoms with van der Waals surface area (Å²) in [5, 5.41) is 3.30. The molecule has 1 aromatic heterocycles. The fourth-order valence-electron chi connectivity index (χ4n) is 3.86. The smallest absolute Gasteiger partial charge is 0.244 e. The second-order valence-electron chi connectivity index (χ2n) is 8.03. The van der Waals surface area contributed by atoms with E-state index in [9.17, 15) is 16.8 Å². The van der Waals surface area contributed by atoms with Gasteiger partial charge in [-0.15, -0.1) is 0 Å². The van der Waals surface area contributed by atoms with E-state index in [2.05, 4.69) is 10.3 Å². The Balaban J connectivity index is 1.35. The maximum absolute atomic E-state index is 12.8. The molecule has 0 atom stereocenters. The highest BCUT2D eigenvalue weighted by Gasteiger charge is 2.30. The maximum Gasteiger partial charge on any atom is 0.244 e. The van der Waals surface area contributed by atoms with Gasteiger partial charge < -0.3 is 10.1 Å². The Kier molecular flexibility index (Phi) is 6.82. The summed E-state index contributed by atoms with van der Waals surface area (Å²) in [6.07, 6.45) is 2.64. The van der Waals surface area contributed by atoms with Crippen LogP contribution in [-0.4, -0.2) is 75.9 Å². The van der Waals surface area contributed by atoms with E-state index in [0.29, 0.717) is 62.9 Å². The lowest BCUT2D eigenvalue weighted by Crippen LogP contribution is -2.42. The van der Waals surface area contributed by atoms with Crippen LogP contribution in [-0.2, 0) is 24.8 Å². The Bertz CT molecular complexity index is 1120. The van der Waals surface area contributed by atoms with Crippen molar-refractivity contribution in [3.05, 3.63) is 48.2 Å². The van der Waals surface area contributed by atoms with Crippen molar-refractivity contribution in [1.82, 2.24) is 13.6 Å². The number of nitrogens with zero attached hydrogens (tertiary/aromatic N) is 3. The van der Waals surface area contributed by atoms with E-state index >= 15 is 0 Å². The van der Waals surface area contributed by atoms with Gasteiger partial charge in [-0.25, -0.2) is 21.8 Å². The van der Waals surface area contributed by atoms with Gasteiger partial charge in [-0.2, -0.15) is 8.61 Å². The summed E-state index contributed by atoms with van der Waals surface area (Å²) in [6, 6.07) is 10.2. The largest absolute Gasteiger partial charge is 0.379 e. The molecular weight excluding hydrogens is 452 g/mol. The lowest BCUT2D eigenvalue weighted by Gasteiger charge is -2.32. The molecule has 0 radical (unpaired) electrons. The van der Waals surface area contributed by atoms with Crippen molar-refractivity contribution >= 4 is 25.9 Å². The Labute approximate surface area is 189 Å². The first-order valence-electron chi connectivity index (χ1n) is 10.6. The molecule has 0 amide bonds. The van der Waals surface area contributed by atoms with E-state index in [1.54, 1.807) is 36.4 Å². The second-order valence-corrected chi connectivity index (χ2v) is 11.9. The first-order valence-corrected chi connectivity index (χ1v) is 13.5. The fourth-order valence-corrected chi connectivity index (χ4v) is 6.69. The molecule has 9 nitrogen and oxygen atoms in total. The van der Waals surface area contributed by atoms with E-state index in [0.717, 1.165) is 5.56 Å². The van der Waals surface area contributed by atoms with Crippen LogP contribution in [0.4, 0.5) is 5.82 Å². The van der Waals surface area contributed by atoms with Gasteiger partial charge in [0.05, 0.1) is 18.1 Å². The molecule has 4 rings (SSSR count). The van der Waals surface area contributed by atoms with Gasteiger partial charge >= 0.3 is 0 Å². The standard InChI is InChI=1S/C21H28N4O5S2/c1-17-2-4-19(5-3-17)31(26,27)24-10-8-18(9-11-24)23-21-7-6-20(16-22-21)32(28,29)25-12-14-30-15-13-25/h2-7,16,18H,8-15H2,1H3,(H,22,23). The molecule has 0 bridgehead atoms. The Morgan fingerprint density at radius 1 is 0.844 bits per heavy atom. The first-order chi connectivity index (χ1) is 15.3. The number of rotatable bonds is 6. The third kappa shape index (κ3) is 4.96. The van der Waals surface area contributed by atoms with Gasteiger partial charge in [0.2, 0.25) is 20.0 Å². The summed E-state index contributed by atoms with van der Waals surface area (Å²) in [4.78, 5) is 4.75. The van der Waals surface area contributed by atoms with Crippen molar-refractivity contribution < 1.29 is 21.6 Å². The maximum atomic E-state index is 12.8. The SMILES string of the molecule is Cc1ccc(S(=O)(=O)N2CCC(Nc3ccc(S(=O)(=O)N4CCOCC4)cn3)CC2)cc1. The number of morpholine rings is 1. The lowest BCUT2D eigenvalue weighted by molar-refractivity contribution is 0.0730. The third-order valence-electron chi connectivity index (χ3n) is 5.81. The van der Waals surface area contributed by atoms with E-state index in [1.165, 1.54) is 14.8 Å². The van der Waals surface area contributed by atoms with Gasteiger partial charge in [-0.05, 0) is 44.0 Å². The molecular formula is C21H28N4O5S2. The minimum Gasteiger partial charge on any atom is -0.379 e. The van der Waals surface area contributed by atoms with Crippen molar-refractivity contribution in [2.75, 3.05) is 44.7 Å². The number of ether oxygens (including phenoxy) is 1. The highest BCUT2D eigenvalue weighted by molar-refractivity contribution is 7.89. The van der Waals surface area contributed by atoms with Gasteiger partial charge in [0.15, 0.2) is 0 Å². The molecule has 2 aliphatic rings. The van der Waals surface area contributed by atoms with E-state index < -0.39 is 20.0 Å². The number of hydrogen-bond acceptors (Lipinski definition) is 7. The molecule has 2 saturated heterocycles. The van der Waals surface area contributed by atoms with Gasteiger partial charge in [-0.1, -0.05) is 17.7 Å². The highest BCUT2D eigenvalue weighted by atomic mass is 32.2. The molecule has 1 N–H and O–H groups in total. The van der Waals surface area contributed by atoms with Gasteiger partial charge in [0.1, 0.15) is 10.7 Å². The molecule has 32 heavy (non-hydrogen) atoms. The number of nitrogens with one attached hydrogen (secondary N) is 1. The number of sulfonamides is 2. The molecule has 174 valence electrons. The number of piperidine rings is 1. The van der Waals surface area contributed by atoms with Crippen molar-refractivity contribution in [3.8, 4) is 0 Å². The van der Waals surface area contributed by atoms with E-state index in [4.69, 9.17) is 4.74 Å². The second kappa shape index (κ2) is 9.44. The van der Waals surface area contributed by atoms with Crippen LogP contribution < -0.4 is 5.32 Å². The zero-order chi connectivity index (χ0) is 22.8. The summed E-state index contributed by atoms with van der Waals surface area (Å²) in [5.41, 5.74) is 1.02. The Morgan fingerprint density at radius 2 is 1.41 bits per heavy atom. The van der Waals surface area contributed by atoms with Gasteiger partial charge in [0.25, 0.3) is 0 Å². The van der Waals surface area contributed by atoms with Crippen LogP contribution in [0, 0.1) is 6.92 Å². The molecule has 2 aliphatic heterocycles. The molecule has 2 fully saturated rings. The number of hydrogen-bond donors (Lipinski definition) is 1. The van der Waals surface area contributed by atoms with Gasteiger partial charge in [-0.3, -0.25) is 0 Å². The van der Waals surface area contributed by atoms with Crippen LogP contribution in [0.3, 0.4) is 0 Å². The monoisotopic (exact) mass is 480 g/mol. The molecule has 0 aliphatic carbocycles. The summed E-state index contributed by atoms with van der Waals surface area (Å²) in [7, 11) is -7.07. The van der Waals surface area contributed by atoms with E-state index in [1.807, 2.05) is 6.92 Å². The third-order valence-corrected chi connectivity index (χ3v) is 9.60. The van der Waals surface area contributed by atoms with Crippen LogP contribution >= 0.6 is 0 Å².